The van der Waals surface area contributed by atoms with E-state index in [9.17, 15) is 13.9 Å². The van der Waals surface area contributed by atoms with Gasteiger partial charge < -0.3 is 5.11 Å². The average Bonchev–Trinajstić information content (AvgIpc) is 2.56. The van der Waals surface area contributed by atoms with Gasteiger partial charge in [-0.3, -0.25) is 0 Å². The van der Waals surface area contributed by atoms with Gasteiger partial charge in [0.25, 0.3) is 0 Å². The molecule has 0 saturated heterocycles. The molecule has 1 nitrogen and oxygen atoms in total. The maximum atomic E-state index is 13.5. The molecule has 1 N–H and O–H groups in total. The molecular formula is C21H30F2O. The van der Waals surface area contributed by atoms with Crippen molar-refractivity contribution in [2.24, 2.45) is 17.8 Å². The van der Waals surface area contributed by atoms with Crippen LogP contribution in [0.15, 0.2) is 18.2 Å². The van der Waals surface area contributed by atoms with Gasteiger partial charge in [-0.25, -0.2) is 8.78 Å². The van der Waals surface area contributed by atoms with Gasteiger partial charge in [0.2, 0.25) is 0 Å². The zero-order chi connectivity index (χ0) is 17.2. The summed E-state index contributed by atoms with van der Waals surface area (Å²) >= 11 is 0. The summed E-state index contributed by atoms with van der Waals surface area (Å²) < 4.78 is 26.9. The first-order chi connectivity index (χ1) is 11.5. The van der Waals surface area contributed by atoms with Crippen LogP contribution >= 0.6 is 0 Å². The van der Waals surface area contributed by atoms with E-state index in [0.717, 1.165) is 30.7 Å². The third-order valence-corrected chi connectivity index (χ3v) is 6.51. The minimum absolute atomic E-state index is 0.408. The largest absolute Gasteiger partial charge is 0.385 e. The first-order valence-electron chi connectivity index (χ1n) is 9.69. The third kappa shape index (κ3) is 3.99. The molecule has 2 fully saturated rings. The Balaban J connectivity index is 1.57. The molecule has 3 rings (SSSR count). The third-order valence-electron chi connectivity index (χ3n) is 6.51. The molecule has 0 amide bonds. The van der Waals surface area contributed by atoms with E-state index in [0.29, 0.717) is 24.3 Å². The fraction of sp³-hybridized carbons (Fsp3) is 0.714. The molecule has 2 saturated carbocycles. The monoisotopic (exact) mass is 336 g/mol. The van der Waals surface area contributed by atoms with Crippen LogP contribution in [-0.2, 0) is 5.60 Å². The zero-order valence-electron chi connectivity index (χ0n) is 14.7. The van der Waals surface area contributed by atoms with E-state index >= 15 is 0 Å². The van der Waals surface area contributed by atoms with Gasteiger partial charge in [0, 0.05) is 6.07 Å². The summed E-state index contributed by atoms with van der Waals surface area (Å²) in [5, 5.41) is 10.9. The van der Waals surface area contributed by atoms with Crippen LogP contribution in [0.2, 0.25) is 0 Å². The summed E-state index contributed by atoms with van der Waals surface area (Å²) in [5.41, 5.74) is -0.649. The van der Waals surface area contributed by atoms with Crippen LogP contribution in [0, 0.1) is 29.4 Å². The van der Waals surface area contributed by atoms with E-state index in [-0.39, 0.29) is 0 Å². The van der Waals surface area contributed by atoms with Crippen molar-refractivity contribution < 1.29 is 13.9 Å². The van der Waals surface area contributed by atoms with E-state index in [1.807, 2.05) is 0 Å². The lowest BCUT2D eigenvalue weighted by Gasteiger charge is -2.41. The molecule has 1 aromatic rings. The fourth-order valence-electron chi connectivity index (χ4n) is 5.06. The first-order valence-corrected chi connectivity index (χ1v) is 9.69. The lowest BCUT2D eigenvalue weighted by molar-refractivity contribution is -0.0264. The first kappa shape index (κ1) is 17.8. The molecule has 0 atom stereocenters. The van der Waals surface area contributed by atoms with Crippen molar-refractivity contribution in [3.8, 4) is 0 Å². The highest BCUT2D eigenvalue weighted by Gasteiger charge is 2.38. The standard InChI is InChI=1S/C21H30F2O/c1-2-3-15-4-6-16(7-5-15)17-8-10-21(24,11-9-17)18-12-19(22)14-20(23)13-18/h12-17,24H,2-11H2,1H3/t15?,16?,17-,21+. The van der Waals surface area contributed by atoms with Gasteiger partial charge in [0.05, 0.1) is 5.60 Å². The van der Waals surface area contributed by atoms with Gasteiger partial charge in [0.15, 0.2) is 0 Å². The van der Waals surface area contributed by atoms with Gasteiger partial charge >= 0.3 is 0 Å². The number of rotatable bonds is 4. The highest BCUT2D eigenvalue weighted by atomic mass is 19.1. The van der Waals surface area contributed by atoms with Crippen molar-refractivity contribution >= 4 is 0 Å². The Hall–Kier alpha value is -0.960. The van der Waals surface area contributed by atoms with Gasteiger partial charge in [0.1, 0.15) is 11.6 Å². The summed E-state index contributed by atoms with van der Waals surface area (Å²) in [6.07, 6.45) is 11.2. The van der Waals surface area contributed by atoms with Crippen LogP contribution in [0.4, 0.5) is 8.78 Å². The van der Waals surface area contributed by atoms with Gasteiger partial charge in [-0.05, 0) is 74.0 Å². The summed E-state index contributed by atoms with van der Waals surface area (Å²) in [5.74, 6) is 1.17. The van der Waals surface area contributed by atoms with Crippen molar-refractivity contribution in [3.05, 3.63) is 35.4 Å². The summed E-state index contributed by atoms with van der Waals surface area (Å²) in [6.45, 7) is 2.27. The molecule has 3 heteroatoms. The number of hydrogen-bond donors (Lipinski definition) is 1. The lowest BCUT2D eigenvalue weighted by Crippen LogP contribution is -2.34. The molecule has 1 aromatic carbocycles. The second-order valence-electron chi connectivity index (χ2n) is 8.10. The molecule has 0 spiro atoms. The molecule has 2 aliphatic rings. The van der Waals surface area contributed by atoms with Crippen LogP contribution in [-0.4, -0.2) is 5.11 Å². The Kier molecular flexibility index (Phi) is 5.59. The number of hydrogen-bond acceptors (Lipinski definition) is 1. The highest BCUT2D eigenvalue weighted by Crippen LogP contribution is 2.46. The van der Waals surface area contributed by atoms with E-state index in [2.05, 4.69) is 6.92 Å². The number of aliphatic hydroxyl groups is 1. The molecule has 134 valence electrons. The Morgan fingerprint density at radius 3 is 2.00 bits per heavy atom. The van der Waals surface area contributed by atoms with Crippen molar-refractivity contribution in [1.82, 2.24) is 0 Å². The highest BCUT2D eigenvalue weighted by molar-refractivity contribution is 5.25. The Bertz CT molecular complexity index is 521. The Labute approximate surface area is 144 Å². The normalized spacial score (nSPS) is 34.2. The predicted octanol–water partition coefficient (Wildman–Crippen LogP) is 5.95. The number of benzene rings is 1. The van der Waals surface area contributed by atoms with E-state index < -0.39 is 17.2 Å². The van der Waals surface area contributed by atoms with Crippen LogP contribution < -0.4 is 0 Å². The topological polar surface area (TPSA) is 20.2 Å². The van der Waals surface area contributed by atoms with Crippen LogP contribution in [0.25, 0.3) is 0 Å². The van der Waals surface area contributed by atoms with Crippen LogP contribution in [0.3, 0.4) is 0 Å². The van der Waals surface area contributed by atoms with Crippen molar-refractivity contribution in [3.63, 3.8) is 0 Å². The van der Waals surface area contributed by atoms with E-state index in [4.69, 9.17) is 0 Å². The summed E-state index contributed by atoms with van der Waals surface area (Å²) in [6, 6.07) is 3.45. The second kappa shape index (κ2) is 7.51. The molecule has 0 radical (unpaired) electrons. The smallest absolute Gasteiger partial charge is 0.126 e. The quantitative estimate of drug-likeness (QED) is 0.720. The minimum Gasteiger partial charge on any atom is -0.385 e. The predicted molar refractivity (Wildman–Crippen MR) is 92.6 cm³/mol. The van der Waals surface area contributed by atoms with Crippen molar-refractivity contribution in [2.45, 2.75) is 76.7 Å². The van der Waals surface area contributed by atoms with E-state index in [1.54, 1.807) is 0 Å². The zero-order valence-corrected chi connectivity index (χ0v) is 14.7. The molecule has 0 aromatic heterocycles. The molecular weight excluding hydrogens is 306 g/mol. The molecule has 24 heavy (non-hydrogen) atoms. The lowest BCUT2D eigenvalue weighted by atomic mass is 9.66. The van der Waals surface area contributed by atoms with Crippen LogP contribution in [0.1, 0.15) is 76.7 Å². The van der Waals surface area contributed by atoms with Gasteiger partial charge in [-0.15, -0.1) is 0 Å². The number of halogens is 2. The van der Waals surface area contributed by atoms with Gasteiger partial charge in [-0.2, -0.15) is 0 Å². The molecule has 0 heterocycles. The fourth-order valence-corrected chi connectivity index (χ4v) is 5.06. The molecule has 2 aliphatic carbocycles. The average molecular weight is 336 g/mol. The Morgan fingerprint density at radius 1 is 0.917 bits per heavy atom. The molecule has 0 aliphatic heterocycles. The Morgan fingerprint density at radius 2 is 1.46 bits per heavy atom. The summed E-state index contributed by atoms with van der Waals surface area (Å²) in [7, 11) is 0. The maximum Gasteiger partial charge on any atom is 0.126 e. The van der Waals surface area contributed by atoms with Gasteiger partial charge in [-0.1, -0.05) is 32.6 Å². The van der Waals surface area contributed by atoms with Crippen LogP contribution in [0.5, 0.6) is 0 Å². The van der Waals surface area contributed by atoms with Crippen molar-refractivity contribution in [1.29, 1.82) is 0 Å². The van der Waals surface area contributed by atoms with E-state index in [1.165, 1.54) is 50.7 Å². The summed E-state index contributed by atoms with van der Waals surface area (Å²) in [4.78, 5) is 0. The van der Waals surface area contributed by atoms with Crippen molar-refractivity contribution in [2.75, 3.05) is 0 Å². The second-order valence-corrected chi connectivity index (χ2v) is 8.10. The SMILES string of the molecule is CCCC1CCC([C@H]2CC[C@](O)(c3cc(F)cc(F)c3)CC2)CC1. The minimum atomic E-state index is -1.06. The maximum absolute atomic E-state index is 13.5. The molecule has 0 bridgehead atoms. The molecule has 0 unspecified atom stereocenters.